The zero-order valence-corrected chi connectivity index (χ0v) is 12.2. The average molecular weight is 287 g/mol. The highest BCUT2D eigenvalue weighted by molar-refractivity contribution is 5.99. The Bertz CT molecular complexity index is 640. The van der Waals surface area contributed by atoms with E-state index in [-0.39, 0.29) is 5.91 Å². The first-order valence-corrected chi connectivity index (χ1v) is 6.65. The van der Waals surface area contributed by atoms with Gasteiger partial charge in [0, 0.05) is 5.56 Å². The molecule has 6 nitrogen and oxygen atoms in total. The molecule has 0 fully saturated rings. The third-order valence-corrected chi connectivity index (χ3v) is 3.17. The first kappa shape index (κ1) is 14.8. The summed E-state index contributed by atoms with van der Waals surface area (Å²) in [5.74, 6) is -0.422. The Balaban J connectivity index is 1.99. The summed E-state index contributed by atoms with van der Waals surface area (Å²) in [5, 5.41) is 3.69. The lowest BCUT2D eigenvalue weighted by Gasteiger charge is -2.07. The highest BCUT2D eigenvalue weighted by atomic mass is 16.5. The molecule has 0 saturated carbocycles. The minimum Gasteiger partial charge on any atom is -0.361 e. The highest BCUT2D eigenvalue weighted by Gasteiger charge is 2.18. The number of hydrogen-bond acceptors (Lipinski definition) is 4. The normalized spacial score (nSPS) is 10.2. The van der Waals surface area contributed by atoms with Gasteiger partial charge < -0.3 is 4.52 Å². The van der Waals surface area contributed by atoms with Crippen LogP contribution in [0.2, 0.25) is 0 Å². The zero-order chi connectivity index (χ0) is 15.4. The fourth-order valence-corrected chi connectivity index (χ4v) is 1.95. The smallest absolute Gasteiger partial charge is 0.275 e. The Morgan fingerprint density at radius 1 is 1.10 bits per heavy atom. The molecule has 0 aliphatic rings. The van der Waals surface area contributed by atoms with E-state index in [1.165, 1.54) is 0 Å². The molecule has 0 atom stereocenters. The maximum atomic E-state index is 12.0. The minimum atomic E-state index is -0.454. The zero-order valence-electron chi connectivity index (χ0n) is 12.2. The van der Waals surface area contributed by atoms with Gasteiger partial charge in [-0.05, 0) is 38.0 Å². The molecule has 1 aromatic heterocycles. The second-order valence-corrected chi connectivity index (χ2v) is 4.66. The number of nitrogens with one attached hydrogen (secondary N) is 2. The van der Waals surface area contributed by atoms with E-state index in [1.807, 2.05) is 19.1 Å². The molecule has 0 radical (unpaired) electrons. The van der Waals surface area contributed by atoms with Crippen molar-refractivity contribution in [1.82, 2.24) is 16.0 Å². The predicted molar refractivity (Wildman–Crippen MR) is 76.7 cm³/mol. The quantitative estimate of drug-likeness (QED) is 0.845. The van der Waals surface area contributed by atoms with E-state index < -0.39 is 5.91 Å². The van der Waals surface area contributed by atoms with Crippen LogP contribution < -0.4 is 10.9 Å². The fraction of sp³-hybridized carbons (Fsp3) is 0.267. The molecule has 110 valence electrons. The van der Waals surface area contributed by atoms with Crippen molar-refractivity contribution in [3.05, 3.63) is 52.4 Å². The van der Waals surface area contributed by atoms with Gasteiger partial charge in [-0.25, -0.2) is 0 Å². The second kappa shape index (κ2) is 6.21. The number of benzene rings is 1. The van der Waals surface area contributed by atoms with E-state index >= 15 is 0 Å². The lowest BCUT2D eigenvalue weighted by Crippen LogP contribution is -2.41. The van der Waals surface area contributed by atoms with E-state index in [4.69, 9.17) is 4.52 Å². The van der Waals surface area contributed by atoms with Gasteiger partial charge in [0.1, 0.15) is 11.3 Å². The third kappa shape index (κ3) is 3.28. The van der Waals surface area contributed by atoms with Crippen molar-refractivity contribution in [2.45, 2.75) is 27.2 Å². The van der Waals surface area contributed by atoms with Gasteiger partial charge in [0.2, 0.25) is 0 Å². The van der Waals surface area contributed by atoms with Crippen LogP contribution in [0.4, 0.5) is 0 Å². The van der Waals surface area contributed by atoms with Gasteiger partial charge in [0.15, 0.2) is 0 Å². The molecule has 6 heteroatoms. The van der Waals surface area contributed by atoms with E-state index in [2.05, 4.69) is 16.0 Å². The molecule has 1 aromatic carbocycles. The molecule has 0 aliphatic carbocycles. The van der Waals surface area contributed by atoms with E-state index in [0.29, 0.717) is 22.6 Å². The van der Waals surface area contributed by atoms with E-state index in [1.54, 1.807) is 26.0 Å². The van der Waals surface area contributed by atoms with Gasteiger partial charge in [-0.3, -0.25) is 20.4 Å². The summed E-state index contributed by atoms with van der Waals surface area (Å²) < 4.78 is 4.91. The maximum absolute atomic E-state index is 12.0. The van der Waals surface area contributed by atoms with Crippen molar-refractivity contribution < 1.29 is 14.1 Å². The summed E-state index contributed by atoms with van der Waals surface area (Å²) in [6, 6.07) is 7.20. The van der Waals surface area contributed by atoms with Crippen LogP contribution in [0.25, 0.3) is 0 Å². The van der Waals surface area contributed by atoms with Gasteiger partial charge in [-0.1, -0.05) is 24.2 Å². The predicted octanol–water partition coefficient (Wildman–Crippen LogP) is 1.93. The number of hydrazine groups is 1. The molecule has 1 heterocycles. The molecule has 0 spiro atoms. The molecule has 0 unspecified atom stereocenters. The lowest BCUT2D eigenvalue weighted by atomic mass is 10.1. The Morgan fingerprint density at radius 3 is 2.24 bits per heavy atom. The van der Waals surface area contributed by atoms with Gasteiger partial charge in [-0.15, -0.1) is 0 Å². The molecule has 2 amide bonds. The number of carbonyl (C=O) groups is 2. The van der Waals surface area contributed by atoms with Crippen LogP contribution in [0.3, 0.4) is 0 Å². The second-order valence-electron chi connectivity index (χ2n) is 4.66. The van der Waals surface area contributed by atoms with Gasteiger partial charge in [0.25, 0.3) is 11.8 Å². The van der Waals surface area contributed by atoms with Crippen molar-refractivity contribution in [3.63, 3.8) is 0 Å². The molecule has 2 N–H and O–H groups in total. The van der Waals surface area contributed by atoms with Gasteiger partial charge >= 0.3 is 0 Å². The Labute approximate surface area is 122 Å². The van der Waals surface area contributed by atoms with Crippen LogP contribution >= 0.6 is 0 Å². The summed E-state index contributed by atoms with van der Waals surface area (Å²) in [6.07, 6.45) is 0.907. The number of nitrogens with zero attached hydrogens (tertiary/aromatic N) is 1. The van der Waals surface area contributed by atoms with Crippen LogP contribution in [-0.4, -0.2) is 17.0 Å². The molecular weight excluding hydrogens is 270 g/mol. The minimum absolute atomic E-state index is 0.330. The first-order chi connectivity index (χ1) is 10.0. The number of hydrogen-bond donors (Lipinski definition) is 2. The van der Waals surface area contributed by atoms with Crippen molar-refractivity contribution in [1.29, 1.82) is 0 Å². The first-order valence-electron chi connectivity index (χ1n) is 6.65. The largest absolute Gasteiger partial charge is 0.361 e. The molecule has 21 heavy (non-hydrogen) atoms. The maximum Gasteiger partial charge on any atom is 0.275 e. The molecule has 0 saturated heterocycles. The monoisotopic (exact) mass is 287 g/mol. The molecule has 2 aromatic rings. The third-order valence-electron chi connectivity index (χ3n) is 3.17. The molecule has 0 aliphatic heterocycles. The fourth-order valence-electron chi connectivity index (χ4n) is 1.95. The van der Waals surface area contributed by atoms with Crippen LogP contribution in [0.5, 0.6) is 0 Å². The highest BCUT2D eigenvalue weighted by Crippen LogP contribution is 2.11. The van der Waals surface area contributed by atoms with Gasteiger partial charge in [-0.2, -0.15) is 0 Å². The summed E-state index contributed by atoms with van der Waals surface area (Å²) in [7, 11) is 0. The van der Waals surface area contributed by atoms with Crippen molar-refractivity contribution in [3.8, 4) is 0 Å². The van der Waals surface area contributed by atoms with Crippen LogP contribution in [0, 0.1) is 13.8 Å². The van der Waals surface area contributed by atoms with Crippen LogP contribution in [0.1, 0.15) is 44.7 Å². The number of aromatic nitrogens is 1. The van der Waals surface area contributed by atoms with Crippen molar-refractivity contribution in [2.24, 2.45) is 0 Å². The standard InChI is InChI=1S/C15H17N3O3/c1-4-11-5-7-12(8-6-11)14(19)16-17-15(20)13-9(2)18-21-10(13)3/h5-8H,4H2,1-3H3,(H,16,19)(H,17,20). The van der Waals surface area contributed by atoms with Crippen molar-refractivity contribution in [2.75, 3.05) is 0 Å². The summed E-state index contributed by atoms with van der Waals surface area (Å²) in [6.45, 7) is 5.34. The van der Waals surface area contributed by atoms with Crippen LogP contribution in [0.15, 0.2) is 28.8 Å². The summed E-state index contributed by atoms with van der Waals surface area (Å²) in [4.78, 5) is 23.9. The average Bonchev–Trinajstić information content (AvgIpc) is 2.83. The number of aryl methyl sites for hydroxylation is 3. The van der Waals surface area contributed by atoms with E-state index in [0.717, 1.165) is 12.0 Å². The SMILES string of the molecule is CCc1ccc(C(=O)NNC(=O)c2c(C)noc2C)cc1. The summed E-state index contributed by atoms with van der Waals surface area (Å²) >= 11 is 0. The van der Waals surface area contributed by atoms with Gasteiger partial charge in [0.05, 0.1) is 5.69 Å². The number of rotatable bonds is 3. The number of carbonyl (C=O) groups excluding carboxylic acids is 2. The van der Waals surface area contributed by atoms with Crippen molar-refractivity contribution >= 4 is 11.8 Å². The Morgan fingerprint density at radius 2 is 1.71 bits per heavy atom. The molecular formula is C15H17N3O3. The number of amides is 2. The summed E-state index contributed by atoms with van der Waals surface area (Å²) in [5.41, 5.74) is 7.16. The Kier molecular flexibility index (Phi) is 4.37. The molecule has 0 bridgehead atoms. The van der Waals surface area contributed by atoms with E-state index in [9.17, 15) is 9.59 Å². The lowest BCUT2D eigenvalue weighted by molar-refractivity contribution is 0.0845. The van der Waals surface area contributed by atoms with Crippen LogP contribution in [-0.2, 0) is 6.42 Å². The topological polar surface area (TPSA) is 84.2 Å². The molecule has 2 rings (SSSR count). The Hall–Kier alpha value is -2.63.